The summed E-state index contributed by atoms with van der Waals surface area (Å²) in [5.74, 6) is 0.663. The molecule has 26 heavy (non-hydrogen) atoms. The number of hydrogen-bond donors (Lipinski definition) is 2. The molecule has 0 unspecified atom stereocenters. The van der Waals surface area contributed by atoms with Crippen LogP contribution < -0.4 is 10.9 Å². The van der Waals surface area contributed by atoms with E-state index < -0.39 is 6.09 Å². The van der Waals surface area contributed by atoms with Crippen LogP contribution >= 0.6 is 11.3 Å². The van der Waals surface area contributed by atoms with Gasteiger partial charge in [-0.1, -0.05) is 19.9 Å². The molecule has 0 aliphatic rings. The van der Waals surface area contributed by atoms with Crippen molar-refractivity contribution in [1.29, 1.82) is 0 Å². The van der Waals surface area contributed by atoms with E-state index in [-0.39, 0.29) is 24.0 Å². The van der Waals surface area contributed by atoms with Gasteiger partial charge < -0.3 is 4.74 Å². The first-order chi connectivity index (χ1) is 12.5. The van der Waals surface area contributed by atoms with E-state index in [4.69, 9.17) is 4.74 Å². The van der Waals surface area contributed by atoms with Crippen LogP contribution in [0.2, 0.25) is 0 Å². The van der Waals surface area contributed by atoms with Gasteiger partial charge >= 0.3 is 6.09 Å². The molecule has 3 heterocycles. The third-order valence-electron chi connectivity index (χ3n) is 3.53. The molecule has 0 saturated heterocycles. The Morgan fingerprint density at radius 2 is 2.23 bits per heavy atom. The lowest BCUT2D eigenvalue weighted by Crippen LogP contribution is -2.20. The number of hydrogen-bond acceptors (Lipinski definition) is 6. The van der Waals surface area contributed by atoms with Crippen molar-refractivity contribution in [2.45, 2.75) is 26.7 Å². The predicted molar refractivity (Wildman–Crippen MR) is 100 cm³/mol. The van der Waals surface area contributed by atoms with Crippen LogP contribution in [0.4, 0.5) is 10.6 Å². The molecule has 3 aromatic rings. The van der Waals surface area contributed by atoms with Gasteiger partial charge in [-0.15, -0.1) is 11.3 Å². The van der Waals surface area contributed by atoms with Gasteiger partial charge in [-0.3, -0.25) is 15.1 Å². The zero-order valence-electron chi connectivity index (χ0n) is 14.6. The molecule has 0 bridgehead atoms. The fraction of sp³-hybridized carbons (Fsp3) is 0.294. The summed E-state index contributed by atoms with van der Waals surface area (Å²) in [5, 5.41) is 9.08. The van der Waals surface area contributed by atoms with Crippen LogP contribution in [-0.2, 0) is 4.74 Å². The summed E-state index contributed by atoms with van der Waals surface area (Å²) < 4.78 is 6.34. The number of amides is 1. The Morgan fingerprint density at radius 3 is 2.88 bits per heavy atom. The number of aromatic amines is 1. The molecule has 0 aliphatic carbocycles. The van der Waals surface area contributed by atoms with Gasteiger partial charge in [0.2, 0.25) is 5.95 Å². The normalized spacial score (nSPS) is 10.9. The maximum atomic E-state index is 12.0. The molecule has 136 valence electrons. The number of carbonyl (C=O) groups excluding carboxylic acids is 1. The van der Waals surface area contributed by atoms with Crippen molar-refractivity contribution < 1.29 is 9.53 Å². The summed E-state index contributed by atoms with van der Waals surface area (Å²) in [4.78, 5) is 31.9. The number of H-pyrrole nitrogens is 1. The Balaban J connectivity index is 2.10. The molecular weight excluding hydrogens is 354 g/mol. The SMILES string of the molecule is CCOC(=O)Nc1cc(-c2cccs2)nn1-c1nc(C(C)C)cc(=O)[nH]1. The highest BCUT2D eigenvalue weighted by Gasteiger charge is 2.17. The molecule has 0 spiro atoms. The molecule has 3 rings (SSSR count). The third-order valence-corrected chi connectivity index (χ3v) is 4.42. The van der Waals surface area contributed by atoms with E-state index in [1.165, 1.54) is 22.1 Å². The molecule has 9 heteroatoms. The molecule has 3 aromatic heterocycles. The molecule has 0 aromatic carbocycles. The second-order valence-electron chi connectivity index (χ2n) is 5.80. The first-order valence-electron chi connectivity index (χ1n) is 8.17. The van der Waals surface area contributed by atoms with Crippen LogP contribution in [0, 0.1) is 0 Å². The Kier molecular flexibility index (Phi) is 5.17. The first kappa shape index (κ1) is 17.9. The molecule has 0 saturated carbocycles. The second-order valence-corrected chi connectivity index (χ2v) is 6.75. The van der Waals surface area contributed by atoms with Crippen LogP contribution in [0.3, 0.4) is 0 Å². The fourth-order valence-corrected chi connectivity index (χ4v) is 2.99. The van der Waals surface area contributed by atoms with E-state index in [1.54, 1.807) is 13.0 Å². The van der Waals surface area contributed by atoms with Crippen LogP contribution in [0.15, 0.2) is 34.4 Å². The van der Waals surface area contributed by atoms with E-state index in [1.807, 2.05) is 31.4 Å². The molecule has 2 N–H and O–H groups in total. The average Bonchev–Trinajstić information content (AvgIpc) is 3.23. The largest absolute Gasteiger partial charge is 0.450 e. The van der Waals surface area contributed by atoms with Gasteiger partial charge in [0, 0.05) is 12.1 Å². The van der Waals surface area contributed by atoms with Crippen LogP contribution in [0.1, 0.15) is 32.4 Å². The molecule has 0 atom stereocenters. The molecular formula is C17H19N5O3S. The van der Waals surface area contributed by atoms with Crippen LogP contribution in [-0.4, -0.2) is 32.4 Å². The van der Waals surface area contributed by atoms with Crippen LogP contribution in [0.5, 0.6) is 0 Å². The number of thiophene rings is 1. The quantitative estimate of drug-likeness (QED) is 0.714. The summed E-state index contributed by atoms with van der Waals surface area (Å²) >= 11 is 1.52. The Hall–Kier alpha value is -2.94. The zero-order chi connectivity index (χ0) is 18.7. The third kappa shape index (κ3) is 3.83. The van der Waals surface area contributed by atoms with Crippen LogP contribution in [0.25, 0.3) is 16.5 Å². The number of anilines is 1. The lowest BCUT2D eigenvalue weighted by atomic mass is 10.1. The number of aromatic nitrogens is 4. The highest BCUT2D eigenvalue weighted by molar-refractivity contribution is 7.13. The Morgan fingerprint density at radius 1 is 1.42 bits per heavy atom. The van der Waals surface area contributed by atoms with E-state index in [0.29, 0.717) is 17.2 Å². The number of rotatable bonds is 5. The summed E-state index contributed by atoms with van der Waals surface area (Å²) in [7, 11) is 0. The van der Waals surface area contributed by atoms with Gasteiger partial charge in [0.05, 0.1) is 17.2 Å². The molecule has 8 nitrogen and oxygen atoms in total. The van der Waals surface area contributed by atoms with Gasteiger partial charge in [0.1, 0.15) is 11.5 Å². The first-order valence-corrected chi connectivity index (χ1v) is 9.05. The predicted octanol–water partition coefficient (Wildman–Crippen LogP) is 3.38. The highest BCUT2D eigenvalue weighted by Crippen LogP contribution is 2.27. The molecule has 0 fully saturated rings. The lowest BCUT2D eigenvalue weighted by molar-refractivity contribution is 0.167. The number of ether oxygens (including phenoxy) is 1. The minimum atomic E-state index is -0.603. The van der Waals surface area contributed by atoms with Crippen molar-refractivity contribution in [3.8, 4) is 16.5 Å². The highest BCUT2D eigenvalue weighted by atomic mass is 32.1. The number of nitrogens with one attached hydrogen (secondary N) is 2. The summed E-state index contributed by atoms with van der Waals surface area (Å²) in [6.07, 6.45) is -0.603. The maximum Gasteiger partial charge on any atom is 0.412 e. The van der Waals surface area contributed by atoms with Crippen molar-refractivity contribution >= 4 is 23.2 Å². The summed E-state index contributed by atoms with van der Waals surface area (Å²) in [6, 6.07) is 7.00. The van der Waals surface area contributed by atoms with Gasteiger partial charge in [-0.05, 0) is 24.3 Å². The smallest absolute Gasteiger partial charge is 0.412 e. The van der Waals surface area contributed by atoms with Gasteiger partial charge in [0.25, 0.3) is 5.56 Å². The van der Waals surface area contributed by atoms with Crippen molar-refractivity contribution in [3.63, 3.8) is 0 Å². The van der Waals surface area contributed by atoms with Gasteiger partial charge in [-0.25, -0.2) is 9.78 Å². The number of nitrogens with zero attached hydrogens (tertiary/aromatic N) is 3. The minimum absolute atomic E-state index is 0.0739. The van der Waals surface area contributed by atoms with E-state index in [9.17, 15) is 9.59 Å². The van der Waals surface area contributed by atoms with Crippen molar-refractivity contribution in [2.24, 2.45) is 0 Å². The van der Waals surface area contributed by atoms with Crippen molar-refractivity contribution in [2.75, 3.05) is 11.9 Å². The maximum absolute atomic E-state index is 12.0. The van der Waals surface area contributed by atoms with Crippen molar-refractivity contribution in [1.82, 2.24) is 19.7 Å². The van der Waals surface area contributed by atoms with Gasteiger partial charge in [-0.2, -0.15) is 9.78 Å². The minimum Gasteiger partial charge on any atom is -0.450 e. The molecule has 0 aliphatic heterocycles. The Bertz CT molecular complexity index is 959. The fourth-order valence-electron chi connectivity index (χ4n) is 2.31. The van der Waals surface area contributed by atoms with E-state index in [0.717, 1.165) is 4.88 Å². The van der Waals surface area contributed by atoms with E-state index in [2.05, 4.69) is 20.4 Å². The zero-order valence-corrected chi connectivity index (χ0v) is 15.5. The monoisotopic (exact) mass is 373 g/mol. The standard InChI is InChI=1S/C17H19N5O3S/c1-4-25-17(24)19-14-8-12(13-6-5-7-26-13)21-22(14)16-18-11(10(2)3)9-15(23)20-16/h5-10H,4H2,1-3H3,(H,19,24)(H,18,20,23). The second kappa shape index (κ2) is 7.52. The average molecular weight is 373 g/mol. The summed E-state index contributed by atoms with van der Waals surface area (Å²) in [5.41, 5.74) is 1.01. The number of carbonyl (C=O) groups is 1. The lowest BCUT2D eigenvalue weighted by Gasteiger charge is -2.10. The van der Waals surface area contributed by atoms with Crippen molar-refractivity contribution in [3.05, 3.63) is 45.7 Å². The Labute approximate surface area is 153 Å². The van der Waals surface area contributed by atoms with Gasteiger partial charge in [0.15, 0.2) is 0 Å². The molecule has 1 amide bonds. The molecule has 0 radical (unpaired) electrons. The topological polar surface area (TPSA) is 102 Å². The van der Waals surface area contributed by atoms with E-state index >= 15 is 0 Å². The summed E-state index contributed by atoms with van der Waals surface area (Å²) in [6.45, 7) is 5.86.